The van der Waals surface area contributed by atoms with Gasteiger partial charge in [-0.2, -0.15) is 0 Å². The summed E-state index contributed by atoms with van der Waals surface area (Å²) in [6.07, 6.45) is 0. The second-order valence-corrected chi connectivity index (χ2v) is 6.22. The summed E-state index contributed by atoms with van der Waals surface area (Å²) < 4.78 is 0. The Labute approximate surface area is 143 Å². The molecule has 2 aromatic rings. The van der Waals surface area contributed by atoms with Crippen LogP contribution in [0.1, 0.15) is 27.3 Å². The first kappa shape index (κ1) is 17.9. The van der Waals surface area contributed by atoms with E-state index in [1.54, 1.807) is 6.07 Å². The molecule has 0 unspecified atom stereocenters. The molecule has 1 heterocycles. The molecule has 0 bridgehead atoms. The number of nitrogens with zero attached hydrogens (tertiary/aromatic N) is 3. The van der Waals surface area contributed by atoms with Gasteiger partial charge in [0.2, 0.25) is 5.95 Å². The number of benzene rings is 1. The van der Waals surface area contributed by atoms with Gasteiger partial charge in [-0.05, 0) is 58.1 Å². The molecule has 1 aromatic carbocycles. The van der Waals surface area contributed by atoms with Gasteiger partial charge < -0.3 is 15.5 Å². The van der Waals surface area contributed by atoms with Gasteiger partial charge in [-0.1, -0.05) is 12.1 Å². The summed E-state index contributed by atoms with van der Waals surface area (Å²) in [6.45, 7) is 7.27. The maximum absolute atomic E-state index is 12.3. The summed E-state index contributed by atoms with van der Waals surface area (Å²) in [4.78, 5) is 23.0. The lowest BCUT2D eigenvalue weighted by atomic mass is 10.1. The molecule has 0 atom stereocenters. The SMILES string of the molecule is Cc1ccc(C)c(Nc2nc(C)cc(C(=O)NCCN(C)C)n2)c1. The summed E-state index contributed by atoms with van der Waals surface area (Å²) in [7, 11) is 3.93. The molecule has 6 nitrogen and oxygen atoms in total. The quantitative estimate of drug-likeness (QED) is 0.853. The van der Waals surface area contributed by atoms with Gasteiger partial charge in [-0.25, -0.2) is 9.97 Å². The van der Waals surface area contributed by atoms with Crippen molar-refractivity contribution in [3.05, 3.63) is 46.8 Å². The highest BCUT2D eigenvalue weighted by Crippen LogP contribution is 2.20. The largest absolute Gasteiger partial charge is 0.349 e. The summed E-state index contributed by atoms with van der Waals surface area (Å²) in [5.41, 5.74) is 4.31. The first-order chi connectivity index (χ1) is 11.3. The molecule has 0 aliphatic heterocycles. The molecule has 0 saturated carbocycles. The number of hydrogen-bond acceptors (Lipinski definition) is 5. The van der Waals surface area contributed by atoms with Crippen LogP contribution >= 0.6 is 0 Å². The van der Waals surface area contributed by atoms with Crippen molar-refractivity contribution in [3.63, 3.8) is 0 Å². The Bertz CT molecular complexity index is 727. The Morgan fingerprint density at radius 1 is 1.12 bits per heavy atom. The standard InChI is InChI=1S/C18H25N5O/c1-12-6-7-13(2)15(10-12)21-18-20-14(3)11-16(22-18)17(24)19-8-9-23(4)5/h6-7,10-11H,8-9H2,1-5H3,(H,19,24)(H,20,21,22). The van der Waals surface area contributed by atoms with E-state index in [4.69, 9.17) is 0 Å². The van der Waals surface area contributed by atoms with Crippen LogP contribution in [0.3, 0.4) is 0 Å². The second kappa shape index (κ2) is 7.88. The van der Waals surface area contributed by atoms with Crippen LogP contribution in [0.5, 0.6) is 0 Å². The van der Waals surface area contributed by atoms with Crippen molar-refractivity contribution in [2.24, 2.45) is 0 Å². The predicted octanol–water partition coefficient (Wildman–Crippen LogP) is 2.44. The topological polar surface area (TPSA) is 70.2 Å². The number of aryl methyl sites for hydroxylation is 3. The minimum Gasteiger partial charge on any atom is -0.349 e. The number of rotatable bonds is 6. The number of carbonyl (C=O) groups excluding carboxylic acids is 1. The summed E-state index contributed by atoms with van der Waals surface area (Å²) in [5.74, 6) is 0.243. The van der Waals surface area contributed by atoms with Crippen molar-refractivity contribution in [1.29, 1.82) is 0 Å². The van der Waals surface area contributed by atoms with Gasteiger partial charge in [0, 0.05) is 24.5 Å². The van der Waals surface area contributed by atoms with Gasteiger partial charge in [-0.3, -0.25) is 4.79 Å². The third kappa shape index (κ3) is 5.03. The lowest BCUT2D eigenvalue weighted by Gasteiger charge is -2.12. The first-order valence-corrected chi connectivity index (χ1v) is 7.98. The van der Waals surface area contributed by atoms with E-state index in [0.717, 1.165) is 29.1 Å². The summed E-state index contributed by atoms with van der Waals surface area (Å²) in [6, 6.07) is 7.83. The minimum atomic E-state index is -0.189. The van der Waals surface area contributed by atoms with Crippen LogP contribution in [0.15, 0.2) is 24.3 Å². The third-order valence-electron chi connectivity index (χ3n) is 3.57. The molecule has 1 aromatic heterocycles. The van der Waals surface area contributed by atoms with Crippen molar-refractivity contribution in [2.75, 3.05) is 32.5 Å². The van der Waals surface area contributed by atoms with E-state index >= 15 is 0 Å². The Balaban J connectivity index is 2.16. The molecule has 0 aliphatic rings. The highest BCUT2D eigenvalue weighted by atomic mass is 16.1. The van der Waals surface area contributed by atoms with E-state index < -0.39 is 0 Å². The fourth-order valence-corrected chi connectivity index (χ4v) is 2.22. The van der Waals surface area contributed by atoms with E-state index in [9.17, 15) is 4.79 Å². The summed E-state index contributed by atoms with van der Waals surface area (Å²) in [5, 5.41) is 6.08. The predicted molar refractivity (Wildman–Crippen MR) is 96.9 cm³/mol. The van der Waals surface area contributed by atoms with Crippen LogP contribution in [0.2, 0.25) is 0 Å². The van der Waals surface area contributed by atoms with E-state index in [1.807, 2.05) is 51.9 Å². The maximum Gasteiger partial charge on any atom is 0.270 e. The van der Waals surface area contributed by atoms with Gasteiger partial charge in [0.25, 0.3) is 5.91 Å². The van der Waals surface area contributed by atoms with Gasteiger partial charge in [-0.15, -0.1) is 0 Å². The molecule has 24 heavy (non-hydrogen) atoms. The van der Waals surface area contributed by atoms with Crippen molar-refractivity contribution in [2.45, 2.75) is 20.8 Å². The summed E-state index contributed by atoms with van der Waals surface area (Å²) >= 11 is 0. The van der Waals surface area contributed by atoms with E-state index in [0.29, 0.717) is 18.2 Å². The molecule has 2 N–H and O–H groups in total. The number of nitrogens with one attached hydrogen (secondary N) is 2. The zero-order valence-corrected chi connectivity index (χ0v) is 15.0. The molecule has 6 heteroatoms. The van der Waals surface area contributed by atoms with Crippen LogP contribution < -0.4 is 10.6 Å². The van der Waals surface area contributed by atoms with Crippen LogP contribution in [-0.4, -0.2) is 48.0 Å². The van der Waals surface area contributed by atoms with Gasteiger partial charge in [0.05, 0.1) is 0 Å². The zero-order chi connectivity index (χ0) is 17.7. The zero-order valence-electron chi connectivity index (χ0n) is 15.0. The average molecular weight is 327 g/mol. The Kier molecular flexibility index (Phi) is 5.87. The number of hydrogen-bond donors (Lipinski definition) is 2. The molecular weight excluding hydrogens is 302 g/mol. The van der Waals surface area contributed by atoms with Crippen molar-refractivity contribution >= 4 is 17.5 Å². The van der Waals surface area contributed by atoms with Gasteiger partial charge in [0.1, 0.15) is 5.69 Å². The number of anilines is 2. The van der Waals surface area contributed by atoms with E-state index in [2.05, 4.69) is 26.7 Å². The second-order valence-electron chi connectivity index (χ2n) is 6.22. The highest BCUT2D eigenvalue weighted by Gasteiger charge is 2.11. The normalized spacial score (nSPS) is 10.8. The van der Waals surface area contributed by atoms with Gasteiger partial charge >= 0.3 is 0 Å². The van der Waals surface area contributed by atoms with Crippen LogP contribution in [0.4, 0.5) is 11.6 Å². The molecule has 1 amide bonds. The molecule has 128 valence electrons. The van der Waals surface area contributed by atoms with Crippen LogP contribution in [0.25, 0.3) is 0 Å². The molecule has 0 aliphatic carbocycles. The van der Waals surface area contributed by atoms with Crippen molar-refractivity contribution in [1.82, 2.24) is 20.2 Å². The third-order valence-corrected chi connectivity index (χ3v) is 3.57. The van der Waals surface area contributed by atoms with Crippen molar-refractivity contribution in [3.8, 4) is 0 Å². The molecule has 0 spiro atoms. The van der Waals surface area contributed by atoms with E-state index in [1.165, 1.54) is 0 Å². The fourth-order valence-electron chi connectivity index (χ4n) is 2.22. The van der Waals surface area contributed by atoms with Gasteiger partial charge in [0.15, 0.2) is 0 Å². The number of amides is 1. The highest BCUT2D eigenvalue weighted by molar-refractivity contribution is 5.92. The monoisotopic (exact) mass is 327 g/mol. The molecule has 0 fully saturated rings. The Morgan fingerprint density at radius 3 is 2.58 bits per heavy atom. The number of aromatic nitrogens is 2. The Hall–Kier alpha value is -2.47. The molecular formula is C18H25N5O. The average Bonchev–Trinajstić information content (AvgIpc) is 2.50. The van der Waals surface area contributed by atoms with Crippen LogP contribution in [0, 0.1) is 20.8 Å². The minimum absolute atomic E-state index is 0.189. The Morgan fingerprint density at radius 2 is 1.88 bits per heavy atom. The number of likely N-dealkylation sites (N-methyl/N-ethyl adjacent to an activating group) is 1. The molecule has 0 saturated heterocycles. The lowest BCUT2D eigenvalue weighted by molar-refractivity contribution is 0.0946. The van der Waals surface area contributed by atoms with Crippen LogP contribution in [-0.2, 0) is 0 Å². The van der Waals surface area contributed by atoms with Crippen molar-refractivity contribution < 1.29 is 4.79 Å². The molecule has 0 radical (unpaired) electrons. The fraction of sp³-hybridized carbons (Fsp3) is 0.389. The smallest absolute Gasteiger partial charge is 0.270 e. The first-order valence-electron chi connectivity index (χ1n) is 7.98. The lowest BCUT2D eigenvalue weighted by Crippen LogP contribution is -2.32. The maximum atomic E-state index is 12.3. The van der Waals surface area contributed by atoms with E-state index in [-0.39, 0.29) is 5.91 Å². The number of carbonyl (C=O) groups is 1. The molecule has 2 rings (SSSR count).